The van der Waals surface area contributed by atoms with Gasteiger partial charge in [-0.15, -0.1) is 0 Å². The zero-order valence-corrected chi connectivity index (χ0v) is 53.1. The first-order valence-corrected chi connectivity index (χ1v) is 32.1. The minimum Gasteiger partial charge on any atom is -0.456 e. The van der Waals surface area contributed by atoms with Gasteiger partial charge in [0.15, 0.2) is 55.5 Å². The van der Waals surface area contributed by atoms with Gasteiger partial charge in [-0.05, 0) is 17.5 Å². The summed E-state index contributed by atoms with van der Waals surface area (Å²) in [4.78, 5) is 137. The van der Waals surface area contributed by atoms with Gasteiger partial charge in [-0.3, -0.25) is 74.8 Å². The summed E-state index contributed by atoms with van der Waals surface area (Å²) in [5.41, 5.74) is 1.05. The van der Waals surface area contributed by atoms with Crippen molar-refractivity contribution in [2.45, 2.75) is 181 Å². The average Bonchev–Trinajstić information content (AvgIpc) is 0.802. The van der Waals surface area contributed by atoms with E-state index in [1.54, 1.807) is 67.6 Å². The first kappa shape index (κ1) is 74.6. The molecule has 90 heavy (non-hydrogen) atoms. The molecular weight excluding hydrogens is 1270 g/mol. The number of benzene rings is 2. The lowest BCUT2D eigenvalue weighted by Gasteiger charge is -2.46. The first-order chi connectivity index (χ1) is 42.3. The van der Waals surface area contributed by atoms with Crippen molar-refractivity contribution in [3.05, 3.63) is 71.8 Å². The van der Waals surface area contributed by atoms with Crippen LogP contribution in [0, 0.1) is 0 Å². The molecule has 2 aromatic rings. The monoisotopic (exact) mass is 1340 g/mol. The van der Waals surface area contributed by atoms with Gasteiger partial charge in [-0.25, -0.2) is 13.7 Å². The molecule has 0 radical (unpaired) electrons. The smallest absolute Gasteiger partial charge is 0.456 e. The molecule has 2 aromatic carbocycles. The van der Waals surface area contributed by atoms with Crippen molar-refractivity contribution in [3.8, 4) is 0 Å². The molecular formula is C53H74N3O31P3. The number of phosphoric acid groups is 3. The van der Waals surface area contributed by atoms with E-state index in [0.717, 1.165) is 62.3 Å². The summed E-state index contributed by atoms with van der Waals surface area (Å²) in [6.07, 6.45) is -22.3. The second kappa shape index (κ2) is 34.5. The molecule has 3 aliphatic rings. The fourth-order valence-electron chi connectivity index (χ4n) is 9.22. The molecule has 0 aliphatic carbocycles. The van der Waals surface area contributed by atoms with Crippen LogP contribution in [-0.4, -0.2) is 182 Å². The third-order valence-corrected chi connectivity index (χ3v) is 15.7. The summed E-state index contributed by atoms with van der Waals surface area (Å²) < 4.78 is 138. The number of rotatable bonds is 31. The van der Waals surface area contributed by atoms with Gasteiger partial charge >= 0.3 is 59.3 Å². The number of hydrogen-bond donors (Lipinski definition) is 5. The van der Waals surface area contributed by atoms with Crippen molar-refractivity contribution in [1.29, 1.82) is 0 Å². The molecule has 5 rings (SSSR count). The third kappa shape index (κ3) is 23.8. The Hall–Kier alpha value is -6.16. The molecule has 3 aliphatic heterocycles. The molecule has 0 bridgehead atoms. The van der Waals surface area contributed by atoms with E-state index in [-0.39, 0.29) is 19.8 Å². The maximum absolute atomic E-state index is 14.5. The molecule has 3 fully saturated rings. The van der Waals surface area contributed by atoms with E-state index in [2.05, 4.69) is 16.0 Å². The first-order valence-electron chi connectivity index (χ1n) is 27.6. The van der Waals surface area contributed by atoms with E-state index in [4.69, 9.17) is 79.0 Å². The molecule has 37 heteroatoms. The number of esters is 6. The molecule has 17 atom stereocenters. The van der Waals surface area contributed by atoms with Crippen LogP contribution in [0.1, 0.15) is 86.8 Å². The Bertz CT molecular complexity index is 2900. The van der Waals surface area contributed by atoms with E-state index >= 15 is 0 Å². The number of hydrogen-bond acceptors (Lipinski definition) is 29. The highest BCUT2D eigenvalue weighted by molar-refractivity contribution is 7.48. The molecule has 0 aromatic heterocycles. The van der Waals surface area contributed by atoms with Crippen molar-refractivity contribution >= 4 is 77.0 Å². The predicted octanol–water partition coefficient (Wildman–Crippen LogP) is 2.52. The topological polar surface area (TPSA) is 438 Å². The SMILES string of the molecule is CCCO[C@@H]1OC(COP(=O)(O)O[C@@H]2OC(COP(=O)(O)O[C@@H]3OC(COP(=O)(OCc4ccccc4)OCc4ccccc4)[C@H](OC(C)=O)[C@H](OC(C)=O)C3NC(C)=O)[C@H](OC(C)=O)[C@H](OC(C)=O)C2NC(C)=O)[C@H](OC(C)=O)[C@H](OC(C)=O)C1NC(C)=O. The van der Waals surface area contributed by atoms with Crippen molar-refractivity contribution < 1.29 is 146 Å². The van der Waals surface area contributed by atoms with Gasteiger partial charge in [0.1, 0.15) is 36.4 Å². The lowest BCUT2D eigenvalue weighted by atomic mass is 9.96. The van der Waals surface area contributed by atoms with Gasteiger partial charge < -0.3 is 73.1 Å². The lowest BCUT2D eigenvalue weighted by Crippen LogP contribution is -2.66. The van der Waals surface area contributed by atoms with E-state index < -0.39 is 189 Å². The van der Waals surface area contributed by atoms with E-state index in [0.29, 0.717) is 17.5 Å². The zero-order chi connectivity index (χ0) is 66.7. The van der Waals surface area contributed by atoms with Crippen molar-refractivity contribution in [2.24, 2.45) is 0 Å². The Morgan fingerprint density at radius 1 is 0.422 bits per heavy atom. The van der Waals surface area contributed by atoms with Gasteiger partial charge in [-0.2, -0.15) is 0 Å². The van der Waals surface area contributed by atoms with Crippen LogP contribution in [0.5, 0.6) is 0 Å². The average molecular weight is 1340 g/mol. The zero-order valence-electron chi connectivity index (χ0n) is 50.5. The highest BCUT2D eigenvalue weighted by Gasteiger charge is 2.57. The minimum atomic E-state index is -5.82. The number of carbonyl (C=O) groups excluding carboxylic acids is 9. The van der Waals surface area contributed by atoms with Crippen LogP contribution in [0.4, 0.5) is 0 Å². The van der Waals surface area contributed by atoms with Gasteiger partial charge in [0.05, 0.1) is 33.0 Å². The van der Waals surface area contributed by atoms with Gasteiger partial charge in [0.2, 0.25) is 17.7 Å². The minimum absolute atomic E-state index is 0.00860. The number of amides is 3. The molecule has 502 valence electrons. The summed E-state index contributed by atoms with van der Waals surface area (Å²) in [7, 11) is -16.3. The number of carbonyl (C=O) groups is 9. The third-order valence-electron chi connectivity index (χ3n) is 12.5. The summed E-state index contributed by atoms with van der Waals surface area (Å²) in [5, 5.41) is 7.19. The predicted molar refractivity (Wildman–Crippen MR) is 298 cm³/mol. The molecule has 0 spiro atoms. The molecule has 3 saturated heterocycles. The van der Waals surface area contributed by atoms with Gasteiger partial charge in [0, 0.05) is 68.9 Å². The Labute approximate surface area is 516 Å². The van der Waals surface area contributed by atoms with Gasteiger partial charge in [0.25, 0.3) is 0 Å². The van der Waals surface area contributed by atoms with Crippen molar-refractivity contribution in [2.75, 3.05) is 26.4 Å². The van der Waals surface area contributed by atoms with Crippen LogP contribution in [0.15, 0.2) is 60.7 Å². The molecule has 3 heterocycles. The highest BCUT2D eigenvalue weighted by Crippen LogP contribution is 2.53. The van der Waals surface area contributed by atoms with Crippen LogP contribution in [0.2, 0.25) is 0 Å². The lowest BCUT2D eigenvalue weighted by molar-refractivity contribution is -0.277. The van der Waals surface area contributed by atoms with Crippen molar-refractivity contribution in [3.63, 3.8) is 0 Å². The fraction of sp³-hybridized carbons (Fsp3) is 0.604. The largest absolute Gasteiger partial charge is 0.475 e. The van der Waals surface area contributed by atoms with E-state index in [9.17, 15) is 66.6 Å². The summed E-state index contributed by atoms with van der Waals surface area (Å²) in [6, 6.07) is 11.6. The number of ether oxygens (including phenoxy) is 10. The molecule has 34 nitrogen and oxygen atoms in total. The summed E-state index contributed by atoms with van der Waals surface area (Å²) >= 11 is 0. The molecule has 8 unspecified atom stereocenters. The maximum Gasteiger partial charge on any atom is 0.475 e. The van der Waals surface area contributed by atoms with Crippen LogP contribution in [-0.2, 0) is 149 Å². The Morgan fingerprint density at radius 3 is 1.01 bits per heavy atom. The van der Waals surface area contributed by atoms with E-state index in [1.807, 2.05) is 0 Å². The van der Waals surface area contributed by atoms with Crippen molar-refractivity contribution in [1.82, 2.24) is 16.0 Å². The molecule has 3 amide bonds. The summed E-state index contributed by atoms with van der Waals surface area (Å²) in [6.45, 7) is 6.34. The molecule has 5 N–H and O–H groups in total. The second-order valence-corrected chi connectivity index (χ2v) is 24.6. The number of phosphoric ester groups is 3. The Kier molecular flexibility index (Phi) is 28.6. The van der Waals surface area contributed by atoms with Crippen LogP contribution >= 0.6 is 23.5 Å². The second-order valence-electron chi connectivity index (χ2n) is 20.1. The number of nitrogens with one attached hydrogen (secondary N) is 3. The van der Waals surface area contributed by atoms with Crippen LogP contribution in [0.3, 0.4) is 0 Å². The van der Waals surface area contributed by atoms with Gasteiger partial charge in [-0.1, -0.05) is 67.6 Å². The standard InChI is InChI=1S/C53H74N3O31P3/c1-11-22-71-51-42(54-28(2)57)48(80-34(8)63)45(77-31(5)60)39(83-51)25-72-88(66,67)86-52-43(55-29(3)58)49(81-35(9)64)46(78-32(6)61)40(84-52)26-73-89(68,69)87-53-44(56-30(4)59)50(82-36(10)65)47(79-33(7)62)41(85-53)27-76-90(70,74-23-37-18-14-12-15-19-37)75-24-38-20-16-13-17-21-38/h12-21,39-53H,11,22-27H2,1-10H3,(H,54,57)(H,55,58)(H,56,59)(H,66,67)(H,68,69)/t39?,40?,41?,42?,43?,44?,45-,46-,47-,48+,49+,50+,51+,52-,53-/m0/s1. The van der Waals surface area contributed by atoms with Crippen LogP contribution in [0.25, 0.3) is 0 Å². The molecule has 0 saturated carbocycles. The fourth-order valence-corrected chi connectivity index (χ4v) is 12.1. The van der Waals surface area contributed by atoms with Crippen LogP contribution < -0.4 is 16.0 Å². The highest BCUT2D eigenvalue weighted by atomic mass is 31.2. The quantitative estimate of drug-likeness (QED) is 0.0411. The Balaban J connectivity index is 1.48. The normalized spacial score (nSPS) is 28.0. The maximum atomic E-state index is 14.5. The van der Waals surface area contributed by atoms with E-state index in [1.165, 1.54) is 0 Å². The summed E-state index contributed by atoms with van der Waals surface area (Å²) in [5.74, 6) is -8.76. The Morgan fingerprint density at radius 2 is 0.711 bits per heavy atom.